The Bertz CT molecular complexity index is 781. The number of piperidine rings is 1. The number of methoxy groups -OCH3 is 1. The van der Waals surface area contributed by atoms with Crippen LogP contribution in [0.3, 0.4) is 0 Å². The van der Waals surface area contributed by atoms with Crippen molar-refractivity contribution in [2.45, 2.75) is 50.3 Å². The number of ether oxygens (including phenoxy) is 1. The van der Waals surface area contributed by atoms with E-state index in [9.17, 15) is 4.79 Å². The monoisotopic (exact) mass is 368 g/mol. The second-order valence-corrected chi connectivity index (χ2v) is 7.66. The molecule has 144 valence electrons. The molecular weight excluding hydrogens is 340 g/mol. The fourth-order valence-corrected chi connectivity index (χ4v) is 4.93. The number of aromatic amines is 1. The molecule has 1 aliphatic carbocycles. The first-order chi connectivity index (χ1) is 13.2. The van der Waals surface area contributed by atoms with Gasteiger partial charge in [-0.15, -0.1) is 0 Å². The van der Waals surface area contributed by atoms with Crippen molar-refractivity contribution in [3.63, 3.8) is 0 Å². The van der Waals surface area contributed by atoms with Crippen molar-refractivity contribution in [3.05, 3.63) is 53.3 Å². The number of rotatable bonds is 5. The quantitative estimate of drug-likeness (QED) is 0.851. The van der Waals surface area contributed by atoms with Crippen LogP contribution in [0.2, 0.25) is 0 Å². The number of fused-ring (bicyclic) bond motifs is 2. The molecule has 2 atom stereocenters. The summed E-state index contributed by atoms with van der Waals surface area (Å²) in [6.45, 7) is 4.79. The Balaban J connectivity index is 1.59. The summed E-state index contributed by atoms with van der Waals surface area (Å²) >= 11 is 0. The molecule has 0 saturated carbocycles. The first-order valence-electron chi connectivity index (χ1n) is 9.80. The normalized spacial score (nSPS) is 24.1. The largest absolute Gasteiger partial charge is 0.378 e. The summed E-state index contributed by atoms with van der Waals surface area (Å²) in [6, 6.07) is 10.5. The number of carbonyl (C=O) groups excluding carboxylic acids is 1. The molecule has 0 unspecified atom stereocenters. The maximum Gasteiger partial charge on any atom is 0.220 e. The molecule has 1 saturated heterocycles. The molecule has 1 aromatic carbocycles. The molecule has 4 rings (SSSR count). The van der Waals surface area contributed by atoms with E-state index < -0.39 is 0 Å². The van der Waals surface area contributed by atoms with Gasteiger partial charge in [-0.3, -0.25) is 14.8 Å². The van der Waals surface area contributed by atoms with Gasteiger partial charge in [-0.25, -0.2) is 0 Å². The Labute approximate surface area is 160 Å². The molecule has 1 amide bonds. The fraction of sp³-hybridized carbons (Fsp3) is 0.524. The summed E-state index contributed by atoms with van der Waals surface area (Å²) in [4.78, 5) is 14.6. The van der Waals surface area contributed by atoms with Crippen LogP contribution in [0, 0.1) is 0 Å². The van der Waals surface area contributed by atoms with Gasteiger partial charge >= 0.3 is 0 Å². The molecule has 6 heteroatoms. The van der Waals surface area contributed by atoms with Crippen LogP contribution in [-0.2, 0) is 21.5 Å². The highest BCUT2D eigenvalue weighted by atomic mass is 16.5. The summed E-state index contributed by atoms with van der Waals surface area (Å²) in [5.74, 6) is 0.0746. The second kappa shape index (κ2) is 7.44. The number of nitrogens with zero attached hydrogens (tertiary/aromatic N) is 2. The van der Waals surface area contributed by atoms with Crippen molar-refractivity contribution in [2.24, 2.45) is 0 Å². The summed E-state index contributed by atoms with van der Waals surface area (Å²) in [5.41, 5.74) is 3.67. The average molecular weight is 368 g/mol. The van der Waals surface area contributed by atoms with Gasteiger partial charge in [0.25, 0.3) is 0 Å². The number of carbonyl (C=O) groups is 1. The Morgan fingerprint density at radius 2 is 2.11 bits per heavy atom. The van der Waals surface area contributed by atoms with Gasteiger partial charge in [-0.2, -0.15) is 5.10 Å². The summed E-state index contributed by atoms with van der Waals surface area (Å²) in [7, 11) is 1.78. The first-order valence-corrected chi connectivity index (χ1v) is 9.80. The van der Waals surface area contributed by atoms with Gasteiger partial charge in [-0.1, -0.05) is 31.2 Å². The molecule has 2 aliphatic rings. The Morgan fingerprint density at radius 1 is 1.33 bits per heavy atom. The summed E-state index contributed by atoms with van der Waals surface area (Å²) in [5, 5.41) is 10.3. The zero-order valence-corrected chi connectivity index (χ0v) is 16.1. The maximum absolute atomic E-state index is 12.2. The molecule has 2 N–H and O–H groups in total. The van der Waals surface area contributed by atoms with Crippen molar-refractivity contribution in [1.82, 2.24) is 20.4 Å². The lowest BCUT2D eigenvalue weighted by molar-refractivity contribution is -0.123. The number of benzene rings is 1. The standard InChI is InChI=1S/C21H28N4O2/c1-3-18(26)23-19-16-6-4-5-7-17(16)21(20(19)27-2)9-12-25(13-10-21)14-15-8-11-22-24-15/h4-8,11,19-20H,3,9-10,12-14H2,1-2H3,(H,22,24)(H,23,26)/t19-,20+/m1/s1. The smallest absolute Gasteiger partial charge is 0.220 e. The topological polar surface area (TPSA) is 70.2 Å². The predicted octanol–water partition coefficient (Wildman–Crippen LogP) is 2.54. The van der Waals surface area contributed by atoms with Gasteiger partial charge in [0.05, 0.1) is 12.1 Å². The SMILES string of the molecule is CCC(=O)N[C@@H]1c2ccccc2C2(CCN(Cc3ccn[nH]3)CC2)[C@H]1OC. The zero-order valence-electron chi connectivity index (χ0n) is 16.1. The highest BCUT2D eigenvalue weighted by Gasteiger charge is 2.53. The van der Waals surface area contributed by atoms with E-state index in [1.54, 1.807) is 13.3 Å². The van der Waals surface area contributed by atoms with Crippen LogP contribution in [0.5, 0.6) is 0 Å². The minimum atomic E-state index is -0.0715. The number of likely N-dealkylation sites (tertiary alicyclic amines) is 1. The molecule has 1 aromatic heterocycles. The van der Waals surface area contributed by atoms with E-state index in [1.807, 2.05) is 13.0 Å². The molecule has 0 radical (unpaired) electrons. The van der Waals surface area contributed by atoms with Crippen molar-refractivity contribution >= 4 is 5.91 Å². The average Bonchev–Trinajstić information content (AvgIpc) is 3.29. The lowest BCUT2D eigenvalue weighted by atomic mass is 9.72. The van der Waals surface area contributed by atoms with Crippen molar-refractivity contribution in [1.29, 1.82) is 0 Å². The van der Waals surface area contributed by atoms with E-state index in [2.05, 4.69) is 44.7 Å². The molecule has 2 heterocycles. The van der Waals surface area contributed by atoms with Crippen LogP contribution < -0.4 is 5.32 Å². The van der Waals surface area contributed by atoms with E-state index in [1.165, 1.54) is 11.1 Å². The predicted molar refractivity (Wildman–Crippen MR) is 103 cm³/mol. The summed E-state index contributed by atoms with van der Waals surface area (Å²) in [6.07, 6.45) is 4.31. The highest BCUT2D eigenvalue weighted by Crippen LogP contribution is 2.52. The van der Waals surface area contributed by atoms with E-state index in [4.69, 9.17) is 4.74 Å². The molecular formula is C21H28N4O2. The molecule has 27 heavy (non-hydrogen) atoms. The van der Waals surface area contributed by atoms with Crippen molar-refractivity contribution in [2.75, 3.05) is 20.2 Å². The third kappa shape index (κ3) is 3.17. The van der Waals surface area contributed by atoms with Crippen LogP contribution in [0.25, 0.3) is 0 Å². The van der Waals surface area contributed by atoms with Gasteiger partial charge in [-0.05, 0) is 43.1 Å². The van der Waals surface area contributed by atoms with Crippen LogP contribution in [-0.4, -0.2) is 47.3 Å². The minimum absolute atomic E-state index is 0.0281. The number of amides is 1. The van der Waals surface area contributed by atoms with Crippen molar-refractivity contribution in [3.8, 4) is 0 Å². The molecule has 2 aromatic rings. The molecule has 6 nitrogen and oxygen atoms in total. The third-order valence-electron chi connectivity index (χ3n) is 6.27. The molecule has 0 bridgehead atoms. The van der Waals surface area contributed by atoms with E-state index in [-0.39, 0.29) is 23.5 Å². The lowest BCUT2D eigenvalue weighted by Gasteiger charge is -2.44. The van der Waals surface area contributed by atoms with Crippen LogP contribution in [0.1, 0.15) is 49.0 Å². The van der Waals surface area contributed by atoms with Gasteiger partial charge in [0.15, 0.2) is 0 Å². The van der Waals surface area contributed by atoms with E-state index >= 15 is 0 Å². The van der Waals surface area contributed by atoms with Crippen LogP contribution in [0.15, 0.2) is 36.5 Å². The summed E-state index contributed by atoms with van der Waals surface area (Å²) < 4.78 is 6.04. The molecule has 1 fully saturated rings. The Hall–Kier alpha value is -2.18. The molecule has 1 spiro atoms. The Kier molecular flexibility index (Phi) is 5.02. The highest BCUT2D eigenvalue weighted by molar-refractivity contribution is 5.76. The van der Waals surface area contributed by atoms with Crippen molar-refractivity contribution < 1.29 is 9.53 Å². The number of aromatic nitrogens is 2. The minimum Gasteiger partial charge on any atom is -0.378 e. The van der Waals surface area contributed by atoms with Gasteiger partial charge < -0.3 is 10.1 Å². The van der Waals surface area contributed by atoms with Crippen LogP contribution >= 0.6 is 0 Å². The van der Waals surface area contributed by atoms with E-state index in [0.29, 0.717) is 6.42 Å². The van der Waals surface area contributed by atoms with Gasteiger partial charge in [0.2, 0.25) is 5.91 Å². The Morgan fingerprint density at radius 3 is 2.78 bits per heavy atom. The maximum atomic E-state index is 12.2. The number of hydrogen-bond donors (Lipinski definition) is 2. The first kappa shape index (κ1) is 18.2. The lowest BCUT2D eigenvalue weighted by Crippen LogP contribution is -2.50. The van der Waals surface area contributed by atoms with E-state index in [0.717, 1.165) is 38.2 Å². The zero-order chi connectivity index (χ0) is 18.9. The number of H-pyrrole nitrogens is 1. The number of nitrogens with one attached hydrogen (secondary N) is 2. The van der Waals surface area contributed by atoms with Gasteiger partial charge in [0, 0.05) is 37.4 Å². The van der Waals surface area contributed by atoms with Gasteiger partial charge in [0.1, 0.15) is 0 Å². The second-order valence-electron chi connectivity index (χ2n) is 7.66. The molecule has 1 aliphatic heterocycles. The number of hydrogen-bond acceptors (Lipinski definition) is 4. The van der Waals surface area contributed by atoms with Crippen LogP contribution in [0.4, 0.5) is 0 Å². The fourth-order valence-electron chi connectivity index (χ4n) is 4.93. The third-order valence-corrected chi connectivity index (χ3v) is 6.27.